The standard InChI is InChI=1S/C22H23FN4O3/c1-25(2)13-20(28)26-9-10-27-19(12-26)21(29)24-18-8-7-14(11-16(18)22(27)30)15-5-3-4-6-17(15)23/h3-8,11,19H,9-10,12-13H2,1-2H3,(H,24,29). The molecule has 2 aliphatic rings. The number of anilines is 1. The Labute approximate surface area is 174 Å². The summed E-state index contributed by atoms with van der Waals surface area (Å²) in [7, 11) is 3.61. The van der Waals surface area contributed by atoms with Gasteiger partial charge in [-0.25, -0.2) is 4.39 Å². The quantitative estimate of drug-likeness (QED) is 0.835. The number of hydrogen-bond donors (Lipinski definition) is 1. The molecule has 8 heteroatoms. The average molecular weight is 410 g/mol. The summed E-state index contributed by atoms with van der Waals surface area (Å²) in [5.74, 6) is -1.09. The maximum atomic E-state index is 14.2. The highest BCUT2D eigenvalue weighted by Gasteiger charge is 2.40. The molecule has 0 bridgehead atoms. The highest BCUT2D eigenvalue weighted by Crippen LogP contribution is 2.31. The van der Waals surface area contributed by atoms with Crippen LogP contribution in [0.15, 0.2) is 42.5 Å². The molecular formula is C22H23FN4O3. The van der Waals surface area contributed by atoms with Crippen molar-refractivity contribution in [3.63, 3.8) is 0 Å². The summed E-state index contributed by atoms with van der Waals surface area (Å²) in [4.78, 5) is 43.4. The molecule has 2 aromatic carbocycles. The Morgan fingerprint density at radius 3 is 2.63 bits per heavy atom. The van der Waals surface area contributed by atoms with Gasteiger partial charge in [-0.3, -0.25) is 14.4 Å². The lowest BCUT2D eigenvalue weighted by Crippen LogP contribution is -2.60. The third-order valence-corrected chi connectivity index (χ3v) is 5.44. The van der Waals surface area contributed by atoms with Gasteiger partial charge in [-0.1, -0.05) is 24.3 Å². The zero-order valence-corrected chi connectivity index (χ0v) is 16.9. The number of hydrogen-bond acceptors (Lipinski definition) is 4. The first-order valence-electron chi connectivity index (χ1n) is 9.78. The molecule has 1 N–H and O–H groups in total. The van der Waals surface area contributed by atoms with Gasteiger partial charge in [0.25, 0.3) is 5.91 Å². The van der Waals surface area contributed by atoms with Gasteiger partial charge < -0.3 is 20.0 Å². The Hall–Kier alpha value is -3.26. The molecule has 1 atom stereocenters. The first-order valence-corrected chi connectivity index (χ1v) is 9.78. The lowest BCUT2D eigenvalue weighted by atomic mass is 10.0. The van der Waals surface area contributed by atoms with Crippen LogP contribution in [-0.2, 0) is 9.59 Å². The Balaban J connectivity index is 1.64. The van der Waals surface area contributed by atoms with E-state index in [9.17, 15) is 18.8 Å². The van der Waals surface area contributed by atoms with E-state index in [0.29, 0.717) is 28.9 Å². The summed E-state index contributed by atoms with van der Waals surface area (Å²) >= 11 is 0. The van der Waals surface area contributed by atoms with E-state index in [4.69, 9.17) is 0 Å². The zero-order chi connectivity index (χ0) is 21.4. The molecule has 7 nitrogen and oxygen atoms in total. The smallest absolute Gasteiger partial charge is 0.256 e. The third kappa shape index (κ3) is 3.66. The number of fused-ring (bicyclic) bond motifs is 2. The van der Waals surface area contributed by atoms with Gasteiger partial charge in [0, 0.05) is 18.7 Å². The van der Waals surface area contributed by atoms with Gasteiger partial charge >= 0.3 is 0 Å². The van der Waals surface area contributed by atoms with E-state index < -0.39 is 6.04 Å². The van der Waals surface area contributed by atoms with E-state index in [-0.39, 0.29) is 43.2 Å². The molecule has 2 aliphatic heterocycles. The molecule has 1 saturated heterocycles. The largest absolute Gasteiger partial charge is 0.337 e. The van der Waals surface area contributed by atoms with Crippen molar-refractivity contribution >= 4 is 23.4 Å². The molecule has 0 saturated carbocycles. The third-order valence-electron chi connectivity index (χ3n) is 5.44. The minimum absolute atomic E-state index is 0.0801. The molecule has 0 radical (unpaired) electrons. The fourth-order valence-electron chi connectivity index (χ4n) is 3.91. The number of carbonyl (C=O) groups excluding carboxylic acids is 3. The van der Waals surface area contributed by atoms with Crippen molar-refractivity contribution in [3.05, 3.63) is 53.8 Å². The molecule has 4 rings (SSSR count). The van der Waals surface area contributed by atoms with Crippen LogP contribution < -0.4 is 5.32 Å². The van der Waals surface area contributed by atoms with Crippen LogP contribution in [0, 0.1) is 5.82 Å². The van der Waals surface area contributed by atoms with Crippen molar-refractivity contribution in [2.75, 3.05) is 45.6 Å². The molecule has 2 aromatic rings. The van der Waals surface area contributed by atoms with Gasteiger partial charge in [-0.05, 0) is 37.9 Å². The molecule has 156 valence electrons. The molecule has 1 unspecified atom stereocenters. The second-order valence-corrected chi connectivity index (χ2v) is 7.82. The maximum Gasteiger partial charge on any atom is 0.256 e. The minimum Gasteiger partial charge on any atom is -0.337 e. The van der Waals surface area contributed by atoms with Crippen LogP contribution in [0.1, 0.15) is 10.4 Å². The number of nitrogens with zero attached hydrogens (tertiary/aromatic N) is 3. The molecular weight excluding hydrogens is 387 g/mol. The monoisotopic (exact) mass is 410 g/mol. The number of rotatable bonds is 3. The van der Waals surface area contributed by atoms with E-state index in [1.807, 2.05) is 0 Å². The molecule has 0 aliphatic carbocycles. The van der Waals surface area contributed by atoms with Crippen molar-refractivity contribution < 1.29 is 18.8 Å². The summed E-state index contributed by atoms with van der Waals surface area (Å²) in [5.41, 5.74) is 1.66. The summed E-state index contributed by atoms with van der Waals surface area (Å²) < 4.78 is 14.2. The van der Waals surface area contributed by atoms with Crippen LogP contribution in [-0.4, -0.2) is 78.7 Å². The van der Waals surface area contributed by atoms with Crippen molar-refractivity contribution in [2.24, 2.45) is 0 Å². The van der Waals surface area contributed by atoms with Crippen LogP contribution in [0.25, 0.3) is 11.1 Å². The summed E-state index contributed by atoms with van der Waals surface area (Å²) in [6.45, 7) is 1.02. The summed E-state index contributed by atoms with van der Waals surface area (Å²) in [5, 5.41) is 2.80. The lowest BCUT2D eigenvalue weighted by molar-refractivity contribution is -0.136. The number of likely N-dealkylation sites (N-methyl/N-ethyl adjacent to an activating group) is 1. The van der Waals surface area contributed by atoms with Gasteiger partial charge in [0.1, 0.15) is 11.9 Å². The van der Waals surface area contributed by atoms with Crippen LogP contribution in [0.3, 0.4) is 0 Å². The summed E-state index contributed by atoms with van der Waals surface area (Å²) in [6, 6.07) is 10.5. The molecule has 3 amide bonds. The molecule has 0 spiro atoms. The van der Waals surface area contributed by atoms with Crippen LogP contribution in [0.2, 0.25) is 0 Å². The highest BCUT2D eigenvalue weighted by atomic mass is 19.1. The first-order chi connectivity index (χ1) is 14.3. The second-order valence-electron chi connectivity index (χ2n) is 7.82. The van der Waals surface area contributed by atoms with Gasteiger partial charge in [-0.15, -0.1) is 0 Å². The van der Waals surface area contributed by atoms with E-state index in [0.717, 1.165) is 0 Å². The number of carbonyl (C=O) groups is 3. The van der Waals surface area contributed by atoms with Crippen molar-refractivity contribution in [2.45, 2.75) is 6.04 Å². The molecule has 30 heavy (non-hydrogen) atoms. The Morgan fingerprint density at radius 2 is 1.90 bits per heavy atom. The maximum absolute atomic E-state index is 14.2. The normalized spacial score (nSPS) is 18.6. The number of amides is 3. The second kappa shape index (κ2) is 7.87. The Bertz CT molecular complexity index is 1020. The molecule has 1 fully saturated rings. The first kappa shape index (κ1) is 20.0. The minimum atomic E-state index is -0.762. The fourth-order valence-corrected chi connectivity index (χ4v) is 3.91. The Kier molecular flexibility index (Phi) is 5.26. The summed E-state index contributed by atoms with van der Waals surface area (Å²) in [6.07, 6.45) is 0. The SMILES string of the molecule is CN(C)CC(=O)N1CCN2C(=O)c3cc(-c4ccccc4F)ccc3NC(=O)C2C1. The van der Waals surface area contributed by atoms with Crippen LogP contribution in [0.4, 0.5) is 10.1 Å². The van der Waals surface area contributed by atoms with Gasteiger partial charge in [-0.2, -0.15) is 0 Å². The van der Waals surface area contributed by atoms with Crippen LogP contribution >= 0.6 is 0 Å². The number of piperazine rings is 1. The topological polar surface area (TPSA) is 73.0 Å². The van der Waals surface area contributed by atoms with E-state index >= 15 is 0 Å². The molecule has 0 aromatic heterocycles. The van der Waals surface area contributed by atoms with Crippen molar-refractivity contribution in [3.8, 4) is 11.1 Å². The van der Waals surface area contributed by atoms with E-state index in [1.54, 1.807) is 60.3 Å². The zero-order valence-electron chi connectivity index (χ0n) is 16.9. The van der Waals surface area contributed by atoms with Crippen molar-refractivity contribution in [1.29, 1.82) is 0 Å². The average Bonchev–Trinajstić information content (AvgIpc) is 2.82. The number of benzene rings is 2. The molecule has 2 heterocycles. The highest BCUT2D eigenvalue weighted by molar-refractivity contribution is 6.10. The van der Waals surface area contributed by atoms with Crippen molar-refractivity contribution in [1.82, 2.24) is 14.7 Å². The number of halogens is 1. The van der Waals surface area contributed by atoms with Crippen LogP contribution in [0.5, 0.6) is 0 Å². The van der Waals surface area contributed by atoms with Gasteiger partial charge in [0.15, 0.2) is 0 Å². The van der Waals surface area contributed by atoms with E-state index in [1.165, 1.54) is 11.0 Å². The van der Waals surface area contributed by atoms with Gasteiger partial charge in [0.2, 0.25) is 11.8 Å². The van der Waals surface area contributed by atoms with Gasteiger partial charge in [0.05, 0.1) is 24.3 Å². The predicted octanol–water partition coefficient (Wildman–Crippen LogP) is 1.66. The van der Waals surface area contributed by atoms with E-state index in [2.05, 4.69) is 5.32 Å². The number of nitrogens with one attached hydrogen (secondary N) is 1. The Morgan fingerprint density at radius 1 is 1.13 bits per heavy atom. The fraction of sp³-hybridized carbons (Fsp3) is 0.318. The lowest BCUT2D eigenvalue weighted by Gasteiger charge is -2.39. The predicted molar refractivity (Wildman–Crippen MR) is 110 cm³/mol.